The minimum absolute atomic E-state index is 0.389. The van der Waals surface area contributed by atoms with Gasteiger partial charge in [0, 0.05) is 10.2 Å². The highest BCUT2D eigenvalue weighted by atomic mass is 79.9. The summed E-state index contributed by atoms with van der Waals surface area (Å²) in [4.78, 5) is 0. The third-order valence-electron chi connectivity index (χ3n) is 3.36. The Morgan fingerprint density at radius 1 is 1.24 bits per heavy atom. The molecule has 0 spiro atoms. The van der Waals surface area contributed by atoms with Crippen LogP contribution in [-0.2, 0) is 5.75 Å². The van der Waals surface area contributed by atoms with Crippen LogP contribution < -0.4 is 11.3 Å². The van der Waals surface area contributed by atoms with E-state index in [4.69, 9.17) is 5.84 Å². The molecule has 0 bridgehead atoms. The molecule has 0 aliphatic carbocycles. The largest absolute Gasteiger partial charge is 0.334 e. The molecule has 0 aliphatic rings. The third-order valence-corrected chi connectivity index (χ3v) is 4.91. The van der Waals surface area contributed by atoms with Crippen molar-refractivity contribution < 1.29 is 0 Å². The van der Waals surface area contributed by atoms with E-state index >= 15 is 0 Å². The monoisotopic (exact) mass is 416 g/mol. The summed E-state index contributed by atoms with van der Waals surface area (Å²) in [6.45, 7) is 2.07. The summed E-state index contributed by atoms with van der Waals surface area (Å²) >= 11 is 4.93. The Labute approximate surface area is 158 Å². The van der Waals surface area contributed by atoms with E-state index in [2.05, 4.69) is 61.8 Å². The van der Waals surface area contributed by atoms with Gasteiger partial charge in [-0.15, -0.1) is 10.2 Å². The number of hydrogen-bond acceptors (Lipinski definition) is 6. The lowest BCUT2D eigenvalue weighted by Gasteiger charge is -2.04. The number of anilines is 1. The highest BCUT2D eigenvalue weighted by molar-refractivity contribution is 9.10. The van der Waals surface area contributed by atoms with Gasteiger partial charge in [-0.25, -0.2) is 10.1 Å². The smallest absolute Gasteiger partial charge is 0.264 e. The number of nitrogens with zero attached hydrogens (tertiary/aromatic N) is 4. The van der Waals surface area contributed by atoms with E-state index < -0.39 is 0 Å². The minimum atomic E-state index is 0.389. The highest BCUT2D eigenvalue weighted by Gasteiger charge is 2.09. The van der Waals surface area contributed by atoms with E-state index in [1.54, 1.807) is 6.21 Å². The maximum Gasteiger partial charge on any atom is 0.264 e. The van der Waals surface area contributed by atoms with Gasteiger partial charge in [0.2, 0.25) is 5.16 Å². The fourth-order valence-corrected chi connectivity index (χ4v) is 3.18. The molecule has 3 N–H and O–H groups in total. The zero-order valence-corrected chi connectivity index (χ0v) is 16.0. The zero-order valence-electron chi connectivity index (χ0n) is 13.6. The van der Waals surface area contributed by atoms with Gasteiger partial charge in [-0.05, 0) is 30.2 Å². The summed E-state index contributed by atoms with van der Waals surface area (Å²) in [7, 11) is 0. The predicted octanol–water partition coefficient (Wildman–Crippen LogP) is 3.80. The van der Waals surface area contributed by atoms with Crippen LogP contribution in [0.4, 0.5) is 5.95 Å². The average Bonchev–Trinajstić information content (AvgIpc) is 2.95. The van der Waals surface area contributed by atoms with Gasteiger partial charge in [0.25, 0.3) is 5.95 Å². The van der Waals surface area contributed by atoms with Crippen LogP contribution in [0.5, 0.6) is 0 Å². The zero-order chi connectivity index (χ0) is 17.6. The first kappa shape index (κ1) is 17.5. The first-order valence-electron chi connectivity index (χ1n) is 7.55. The molecule has 0 fully saturated rings. The lowest BCUT2D eigenvalue weighted by Crippen LogP contribution is -2.13. The molecular formula is C17H17BrN6S. The van der Waals surface area contributed by atoms with Crippen molar-refractivity contribution in [3.8, 4) is 0 Å². The second-order valence-electron chi connectivity index (χ2n) is 5.38. The number of halogens is 1. The maximum absolute atomic E-state index is 6.02. The molecule has 0 saturated carbocycles. The number of aromatic nitrogens is 3. The van der Waals surface area contributed by atoms with Gasteiger partial charge in [0.05, 0.1) is 6.21 Å². The molecule has 3 aromatic rings. The van der Waals surface area contributed by atoms with Crippen molar-refractivity contribution in [2.75, 3.05) is 11.3 Å². The van der Waals surface area contributed by atoms with Crippen LogP contribution in [0.3, 0.4) is 0 Å². The lowest BCUT2D eigenvalue weighted by atomic mass is 10.2. The van der Waals surface area contributed by atoms with Crippen molar-refractivity contribution >= 4 is 39.9 Å². The van der Waals surface area contributed by atoms with Gasteiger partial charge in [-0.2, -0.15) is 5.10 Å². The first-order chi connectivity index (χ1) is 12.1. The van der Waals surface area contributed by atoms with Gasteiger partial charge >= 0.3 is 0 Å². The van der Waals surface area contributed by atoms with Gasteiger partial charge < -0.3 is 5.84 Å². The Bertz CT molecular complexity index is 875. The minimum Gasteiger partial charge on any atom is -0.334 e. The number of nitrogens with one attached hydrogen (secondary N) is 1. The quantitative estimate of drug-likeness (QED) is 0.276. The molecule has 0 amide bonds. The maximum atomic E-state index is 6.02. The Balaban J connectivity index is 1.60. The summed E-state index contributed by atoms with van der Waals surface area (Å²) in [5.41, 5.74) is 6.23. The molecule has 0 radical (unpaired) electrons. The fraction of sp³-hybridized carbons (Fsp3) is 0.118. The first-order valence-corrected chi connectivity index (χ1v) is 9.33. The molecular weight excluding hydrogens is 400 g/mol. The summed E-state index contributed by atoms with van der Waals surface area (Å²) in [5.74, 6) is 7.19. The Hall–Kier alpha value is -2.32. The number of benzene rings is 2. The van der Waals surface area contributed by atoms with Crippen molar-refractivity contribution in [1.29, 1.82) is 0 Å². The number of aryl methyl sites for hydroxylation is 1. The van der Waals surface area contributed by atoms with E-state index in [0.29, 0.717) is 11.1 Å². The van der Waals surface area contributed by atoms with Crippen LogP contribution in [0.2, 0.25) is 0 Å². The molecule has 25 heavy (non-hydrogen) atoms. The van der Waals surface area contributed by atoms with Crippen molar-refractivity contribution in [2.45, 2.75) is 17.8 Å². The standard InChI is InChI=1S/C17H17BrN6S/c1-12-3-2-4-14(9-12)11-25-17-23-22-16(24(17)19)21-20-10-13-5-7-15(18)8-6-13/h2-10H,11,19H2,1H3,(H,21,22)/b20-10+. The molecule has 8 heteroatoms. The van der Waals surface area contributed by atoms with Crippen LogP contribution in [0.15, 0.2) is 63.3 Å². The predicted molar refractivity (Wildman–Crippen MR) is 106 cm³/mol. The molecule has 0 aliphatic heterocycles. The molecule has 128 valence electrons. The number of rotatable bonds is 6. The number of thioether (sulfide) groups is 1. The molecule has 1 heterocycles. The van der Waals surface area contributed by atoms with Crippen molar-refractivity contribution in [3.05, 3.63) is 69.7 Å². The van der Waals surface area contributed by atoms with Gasteiger partial charge in [0.15, 0.2) is 0 Å². The second kappa shape index (κ2) is 8.17. The summed E-state index contributed by atoms with van der Waals surface area (Å²) in [5, 5.41) is 12.9. The molecule has 0 atom stereocenters. The van der Waals surface area contributed by atoms with Crippen LogP contribution >= 0.6 is 27.7 Å². The number of nitrogens with two attached hydrogens (primary N) is 1. The Morgan fingerprint density at radius 2 is 2.04 bits per heavy atom. The second-order valence-corrected chi connectivity index (χ2v) is 7.23. The SMILES string of the molecule is Cc1cccc(CSc2nnc(N/N=C/c3ccc(Br)cc3)n2N)c1. The van der Waals surface area contributed by atoms with Crippen LogP contribution in [0, 0.1) is 6.92 Å². The van der Waals surface area contributed by atoms with E-state index in [1.165, 1.54) is 27.6 Å². The van der Waals surface area contributed by atoms with Crippen molar-refractivity contribution in [2.24, 2.45) is 5.10 Å². The molecule has 0 unspecified atom stereocenters. The normalized spacial score (nSPS) is 11.1. The van der Waals surface area contributed by atoms with E-state index in [1.807, 2.05) is 30.3 Å². The third kappa shape index (κ3) is 4.83. The summed E-state index contributed by atoms with van der Waals surface area (Å²) in [6.07, 6.45) is 1.70. The number of hydrazone groups is 1. The molecule has 0 saturated heterocycles. The highest BCUT2D eigenvalue weighted by Crippen LogP contribution is 2.22. The van der Waals surface area contributed by atoms with Crippen LogP contribution in [-0.4, -0.2) is 21.1 Å². The summed E-state index contributed by atoms with van der Waals surface area (Å²) < 4.78 is 2.42. The van der Waals surface area contributed by atoms with Gasteiger partial charge in [0.1, 0.15) is 0 Å². The molecule has 1 aromatic heterocycles. The molecule has 3 rings (SSSR count). The molecule has 2 aromatic carbocycles. The Morgan fingerprint density at radius 3 is 2.80 bits per heavy atom. The fourth-order valence-electron chi connectivity index (χ4n) is 2.11. The average molecular weight is 417 g/mol. The summed E-state index contributed by atoms with van der Waals surface area (Å²) in [6, 6.07) is 16.1. The Kier molecular flexibility index (Phi) is 5.72. The topological polar surface area (TPSA) is 81.1 Å². The number of nitrogen functional groups attached to an aromatic ring is 1. The van der Waals surface area contributed by atoms with Crippen LogP contribution in [0.1, 0.15) is 16.7 Å². The van der Waals surface area contributed by atoms with Crippen molar-refractivity contribution in [1.82, 2.24) is 14.9 Å². The van der Waals surface area contributed by atoms with Crippen LogP contribution in [0.25, 0.3) is 0 Å². The van der Waals surface area contributed by atoms with E-state index in [9.17, 15) is 0 Å². The van der Waals surface area contributed by atoms with E-state index in [-0.39, 0.29) is 0 Å². The number of hydrogen-bond donors (Lipinski definition) is 2. The van der Waals surface area contributed by atoms with Crippen molar-refractivity contribution in [3.63, 3.8) is 0 Å². The van der Waals surface area contributed by atoms with Gasteiger partial charge in [-0.1, -0.05) is 69.7 Å². The lowest BCUT2D eigenvalue weighted by molar-refractivity contribution is 0.847. The molecule has 6 nitrogen and oxygen atoms in total. The van der Waals surface area contributed by atoms with Gasteiger partial charge in [-0.3, -0.25) is 0 Å². The van der Waals surface area contributed by atoms with E-state index in [0.717, 1.165) is 15.8 Å².